The molecule has 2 aromatic heterocycles. The van der Waals surface area contributed by atoms with Gasteiger partial charge in [-0.3, -0.25) is 4.79 Å². The summed E-state index contributed by atoms with van der Waals surface area (Å²) in [6.45, 7) is 2.84. The van der Waals surface area contributed by atoms with Crippen molar-refractivity contribution in [2.24, 2.45) is 0 Å². The highest BCUT2D eigenvalue weighted by atomic mass is 32.2. The van der Waals surface area contributed by atoms with Gasteiger partial charge in [-0.25, -0.2) is 0 Å². The first-order valence-electron chi connectivity index (χ1n) is 11.8. The second-order valence-electron chi connectivity index (χ2n) is 8.54. The Morgan fingerprint density at radius 1 is 1.17 bits per heavy atom. The number of carbonyl (C=O) groups excluding carboxylic acids is 1. The number of fused-ring (bicyclic) bond motifs is 2. The molecule has 0 radical (unpaired) electrons. The highest BCUT2D eigenvalue weighted by Gasteiger charge is 2.30. The second kappa shape index (κ2) is 10.8. The fourth-order valence-corrected chi connectivity index (χ4v) is 5.50. The van der Waals surface area contributed by atoms with E-state index in [0.29, 0.717) is 44.8 Å². The molecule has 0 bridgehead atoms. The van der Waals surface area contributed by atoms with Crippen LogP contribution in [-0.2, 0) is 27.1 Å². The quantitative estimate of drug-likeness (QED) is 0.424. The van der Waals surface area contributed by atoms with Crippen LogP contribution < -0.4 is 4.74 Å². The Balaban J connectivity index is 1.30. The van der Waals surface area contributed by atoms with Gasteiger partial charge in [0, 0.05) is 45.1 Å². The summed E-state index contributed by atoms with van der Waals surface area (Å²) in [6, 6.07) is 10.1. The number of ether oxygens (including phenoxy) is 3. The van der Waals surface area contributed by atoms with Crippen molar-refractivity contribution in [3.8, 4) is 5.75 Å². The lowest BCUT2D eigenvalue weighted by Gasteiger charge is -2.25. The van der Waals surface area contributed by atoms with Crippen molar-refractivity contribution in [1.82, 2.24) is 24.7 Å². The summed E-state index contributed by atoms with van der Waals surface area (Å²) in [6.07, 6.45) is 4.33. The lowest BCUT2D eigenvalue weighted by Crippen LogP contribution is -2.41. The average molecular weight is 496 g/mol. The Morgan fingerprint density at radius 2 is 2.00 bits per heavy atom. The Bertz CT molecular complexity index is 1240. The van der Waals surface area contributed by atoms with E-state index in [1.807, 2.05) is 23.1 Å². The van der Waals surface area contributed by atoms with E-state index in [4.69, 9.17) is 19.3 Å². The van der Waals surface area contributed by atoms with Gasteiger partial charge in [-0.1, -0.05) is 18.2 Å². The van der Waals surface area contributed by atoms with E-state index in [2.05, 4.69) is 28.4 Å². The number of aromatic nitrogens is 4. The summed E-state index contributed by atoms with van der Waals surface area (Å²) in [7, 11) is 3.28. The van der Waals surface area contributed by atoms with E-state index >= 15 is 0 Å². The van der Waals surface area contributed by atoms with Crippen molar-refractivity contribution in [1.29, 1.82) is 0 Å². The van der Waals surface area contributed by atoms with E-state index < -0.39 is 0 Å². The Hall–Kier alpha value is -2.95. The molecule has 4 heterocycles. The van der Waals surface area contributed by atoms with Gasteiger partial charge in [0.05, 0.1) is 30.8 Å². The molecule has 184 valence electrons. The van der Waals surface area contributed by atoms with Crippen LogP contribution in [0.2, 0.25) is 0 Å². The van der Waals surface area contributed by atoms with E-state index in [-0.39, 0.29) is 11.2 Å². The van der Waals surface area contributed by atoms with E-state index in [1.165, 1.54) is 5.56 Å². The van der Waals surface area contributed by atoms with E-state index in [1.54, 1.807) is 30.5 Å². The van der Waals surface area contributed by atoms with Crippen LogP contribution in [0.4, 0.5) is 0 Å². The summed E-state index contributed by atoms with van der Waals surface area (Å²) >= 11 is 1.56. The Labute approximate surface area is 208 Å². The number of allylic oxidation sites excluding steroid dienone is 1. The number of amides is 1. The monoisotopic (exact) mass is 495 g/mol. The average Bonchev–Trinajstić information content (AvgIpc) is 3.63. The number of nitrogens with zero attached hydrogens (tertiary/aromatic N) is 5. The molecule has 0 saturated carbocycles. The molecule has 2 aliphatic heterocycles. The van der Waals surface area contributed by atoms with Gasteiger partial charge >= 0.3 is 0 Å². The predicted molar refractivity (Wildman–Crippen MR) is 134 cm³/mol. The summed E-state index contributed by atoms with van der Waals surface area (Å²) < 4.78 is 17.8. The van der Waals surface area contributed by atoms with Crippen LogP contribution in [-0.4, -0.2) is 83.0 Å². The fraction of sp³-hybridized carbons (Fsp3) is 0.440. The minimum absolute atomic E-state index is 0.0991. The van der Waals surface area contributed by atoms with Crippen LogP contribution in [0.15, 0.2) is 36.4 Å². The van der Waals surface area contributed by atoms with Gasteiger partial charge in [-0.15, -0.1) is 22.0 Å². The maximum Gasteiger partial charge on any atom is 0.236 e. The zero-order valence-electron chi connectivity index (χ0n) is 20.0. The van der Waals surface area contributed by atoms with Gasteiger partial charge in [0.15, 0.2) is 11.5 Å². The van der Waals surface area contributed by atoms with Crippen molar-refractivity contribution in [2.45, 2.75) is 24.5 Å². The maximum absolute atomic E-state index is 13.1. The molecule has 1 atom stereocenters. The number of thioether (sulfide) groups is 1. The molecule has 3 aromatic rings. The third-order valence-electron chi connectivity index (χ3n) is 6.20. The standard InChI is InChI=1S/C25H29N5O4S/c1-32-13-10-29(11-14-33-2)25(31)22-7-6-21(35-22)19-4-8-23-26-27-24(30(23)28-19)16-17-3-5-20-18(15-17)9-12-34-20/h3-6,8,15,22H,7,9-14,16H2,1-2H3/t22-/m1/s1. The number of methoxy groups -OCH3 is 2. The molecule has 0 aliphatic carbocycles. The fourth-order valence-electron chi connectivity index (χ4n) is 4.33. The van der Waals surface area contributed by atoms with Crippen LogP contribution in [0.1, 0.15) is 29.1 Å². The molecule has 9 nitrogen and oxygen atoms in total. The maximum atomic E-state index is 13.1. The number of hydrogen-bond acceptors (Lipinski definition) is 8. The number of carbonyl (C=O) groups is 1. The van der Waals surface area contributed by atoms with Crippen molar-refractivity contribution in [3.05, 3.63) is 59.1 Å². The topological polar surface area (TPSA) is 91.1 Å². The van der Waals surface area contributed by atoms with Crippen LogP contribution in [0.25, 0.3) is 10.6 Å². The lowest BCUT2D eigenvalue weighted by molar-refractivity contribution is -0.131. The smallest absolute Gasteiger partial charge is 0.236 e. The van der Waals surface area contributed by atoms with Crippen LogP contribution >= 0.6 is 11.8 Å². The van der Waals surface area contributed by atoms with Gasteiger partial charge < -0.3 is 19.1 Å². The molecule has 10 heteroatoms. The largest absolute Gasteiger partial charge is 0.493 e. The van der Waals surface area contributed by atoms with Gasteiger partial charge in [-0.05, 0) is 35.7 Å². The second-order valence-corrected chi connectivity index (χ2v) is 9.79. The van der Waals surface area contributed by atoms with E-state index in [0.717, 1.165) is 40.8 Å². The van der Waals surface area contributed by atoms with Crippen molar-refractivity contribution >= 4 is 28.2 Å². The first kappa shape index (κ1) is 23.8. The van der Waals surface area contributed by atoms with Crippen LogP contribution in [0, 0.1) is 0 Å². The zero-order chi connectivity index (χ0) is 24.2. The lowest BCUT2D eigenvalue weighted by atomic mass is 10.1. The molecule has 0 fully saturated rings. The summed E-state index contributed by atoms with van der Waals surface area (Å²) in [5.41, 5.74) is 3.91. The predicted octanol–water partition coefficient (Wildman–Crippen LogP) is 2.62. The summed E-state index contributed by atoms with van der Waals surface area (Å²) in [5.74, 6) is 1.85. The van der Waals surface area contributed by atoms with Gasteiger partial charge in [0.25, 0.3) is 0 Å². The van der Waals surface area contributed by atoms with Gasteiger partial charge in [-0.2, -0.15) is 9.61 Å². The van der Waals surface area contributed by atoms with Gasteiger partial charge in [0.1, 0.15) is 5.75 Å². The van der Waals surface area contributed by atoms with Crippen molar-refractivity contribution < 1.29 is 19.0 Å². The molecule has 5 rings (SSSR count). The highest BCUT2D eigenvalue weighted by Crippen LogP contribution is 2.39. The highest BCUT2D eigenvalue weighted by molar-refractivity contribution is 8.09. The summed E-state index contributed by atoms with van der Waals surface area (Å²) in [5, 5.41) is 13.3. The van der Waals surface area contributed by atoms with Crippen LogP contribution in [0.5, 0.6) is 5.75 Å². The van der Waals surface area contributed by atoms with Crippen LogP contribution in [0.3, 0.4) is 0 Å². The van der Waals surface area contributed by atoms with Crippen molar-refractivity contribution in [3.63, 3.8) is 0 Å². The Morgan fingerprint density at radius 3 is 2.80 bits per heavy atom. The minimum Gasteiger partial charge on any atom is -0.493 e. The zero-order valence-corrected chi connectivity index (χ0v) is 20.8. The first-order valence-corrected chi connectivity index (χ1v) is 12.6. The van der Waals surface area contributed by atoms with Gasteiger partial charge in [0.2, 0.25) is 5.91 Å². The molecule has 0 unspecified atom stereocenters. The number of hydrogen-bond donors (Lipinski definition) is 0. The molecule has 0 saturated heterocycles. The Kier molecular flexibility index (Phi) is 7.31. The third-order valence-corrected chi connectivity index (χ3v) is 7.51. The summed E-state index contributed by atoms with van der Waals surface area (Å²) in [4.78, 5) is 16.0. The number of rotatable bonds is 10. The molecule has 1 aromatic carbocycles. The number of benzene rings is 1. The molecule has 1 amide bonds. The third kappa shape index (κ3) is 5.19. The van der Waals surface area contributed by atoms with Crippen molar-refractivity contribution in [2.75, 3.05) is 47.1 Å². The molecule has 35 heavy (non-hydrogen) atoms. The SMILES string of the molecule is COCCN(CCOC)C(=O)[C@H]1CC=C(c2ccc3nnc(Cc4ccc5c(c4)CCO5)n3n2)S1. The molecule has 0 spiro atoms. The molecular formula is C25H29N5O4S. The molecule has 2 aliphatic rings. The molecule has 0 N–H and O–H groups in total. The molecular weight excluding hydrogens is 466 g/mol. The van der Waals surface area contributed by atoms with E-state index in [9.17, 15) is 4.79 Å². The first-order chi connectivity index (χ1) is 17.2. The normalized spacial score (nSPS) is 16.9. The minimum atomic E-state index is -0.176.